The molecule has 0 aliphatic heterocycles. The molecule has 134 valence electrons. The van der Waals surface area contributed by atoms with Gasteiger partial charge < -0.3 is 16.2 Å². The molecule has 0 saturated carbocycles. The van der Waals surface area contributed by atoms with Gasteiger partial charge in [0.25, 0.3) is 16.0 Å². The first-order valence-corrected chi connectivity index (χ1v) is 9.01. The van der Waals surface area contributed by atoms with Crippen LogP contribution >= 0.6 is 0 Å². The van der Waals surface area contributed by atoms with Crippen LogP contribution in [0.3, 0.4) is 0 Å². The van der Waals surface area contributed by atoms with Crippen LogP contribution in [0, 0.1) is 6.92 Å². The molecule has 0 heterocycles. The summed E-state index contributed by atoms with van der Waals surface area (Å²) in [6, 6.07) is 11.4. The zero-order valence-corrected chi connectivity index (χ0v) is 14.5. The van der Waals surface area contributed by atoms with Gasteiger partial charge >= 0.3 is 0 Å². The minimum atomic E-state index is -4.47. The maximum atomic E-state index is 12.5. The van der Waals surface area contributed by atoms with E-state index in [0.29, 0.717) is 22.0 Å². The van der Waals surface area contributed by atoms with Crippen molar-refractivity contribution in [2.75, 3.05) is 11.1 Å². The smallest absolute Gasteiger partial charge is 0.294 e. The molecule has 0 spiro atoms. The number of nitrogen functional groups attached to an aromatic ring is 1. The van der Waals surface area contributed by atoms with Crippen LogP contribution in [-0.2, 0) is 10.1 Å². The third kappa shape index (κ3) is 3.46. The Balaban J connectivity index is 2.11. The number of aryl methyl sites for hydroxylation is 1. The highest BCUT2D eigenvalue weighted by Gasteiger charge is 2.16. The Kier molecular flexibility index (Phi) is 4.31. The fraction of sp³-hybridized carbons (Fsp3) is 0.0556. The van der Waals surface area contributed by atoms with Gasteiger partial charge in [-0.2, -0.15) is 8.42 Å². The van der Waals surface area contributed by atoms with Crippen LogP contribution in [0.2, 0.25) is 0 Å². The van der Waals surface area contributed by atoms with Crippen LogP contribution < -0.4 is 11.1 Å². The molecule has 26 heavy (non-hydrogen) atoms. The Labute approximate surface area is 149 Å². The van der Waals surface area contributed by atoms with Crippen molar-refractivity contribution in [3.05, 3.63) is 59.7 Å². The number of carbonyl (C=O) groups excluding carboxylic acids is 1. The van der Waals surface area contributed by atoms with Gasteiger partial charge in [-0.3, -0.25) is 9.35 Å². The zero-order valence-electron chi connectivity index (χ0n) is 13.7. The maximum Gasteiger partial charge on any atom is 0.294 e. The summed E-state index contributed by atoms with van der Waals surface area (Å²) in [5, 5.41) is 13.2. The Hall–Kier alpha value is -3.10. The Morgan fingerprint density at radius 1 is 1.08 bits per heavy atom. The van der Waals surface area contributed by atoms with E-state index in [2.05, 4.69) is 5.32 Å². The number of fused-ring (bicyclic) bond motifs is 1. The standard InChI is InChI=1S/C18H16N2O5S/c1-10-6-12(3-5-16(10)19)18(22)20-17-9-14(26(23,24)25)7-11-2-4-13(21)8-15(11)17/h2-9,21H,19H2,1H3,(H,20,22)(H,23,24,25). The van der Waals surface area contributed by atoms with E-state index in [4.69, 9.17) is 5.73 Å². The van der Waals surface area contributed by atoms with E-state index in [1.54, 1.807) is 25.1 Å². The molecule has 0 saturated heterocycles. The molecule has 0 fully saturated rings. The second kappa shape index (κ2) is 6.32. The van der Waals surface area contributed by atoms with Crippen molar-refractivity contribution in [3.8, 4) is 5.75 Å². The third-order valence-corrected chi connectivity index (χ3v) is 4.82. The van der Waals surface area contributed by atoms with Crippen LogP contribution in [0.15, 0.2) is 53.4 Å². The van der Waals surface area contributed by atoms with Gasteiger partial charge in [-0.05, 0) is 60.3 Å². The van der Waals surface area contributed by atoms with Crippen molar-refractivity contribution in [2.45, 2.75) is 11.8 Å². The normalized spacial score (nSPS) is 11.5. The van der Waals surface area contributed by atoms with E-state index in [0.717, 1.165) is 11.6 Å². The Morgan fingerprint density at radius 2 is 1.81 bits per heavy atom. The molecule has 1 amide bonds. The lowest BCUT2D eigenvalue weighted by Crippen LogP contribution is -2.13. The monoisotopic (exact) mass is 372 g/mol. The first kappa shape index (κ1) is 17.7. The SMILES string of the molecule is Cc1cc(C(=O)Nc2cc(S(=O)(=O)O)cc3ccc(O)cc23)ccc1N. The number of benzene rings is 3. The van der Waals surface area contributed by atoms with E-state index in [-0.39, 0.29) is 16.3 Å². The summed E-state index contributed by atoms with van der Waals surface area (Å²) >= 11 is 0. The van der Waals surface area contributed by atoms with Crippen LogP contribution in [0.25, 0.3) is 10.8 Å². The fourth-order valence-electron chi connectivity index (χ4n) is 2.58. The van der Waals surface area contributed by atoms with Crippen molar-refractivity contribution in [2.24, 2.45) is 0 Å². The number of nitrogens with two attached hydrogens (primary N) is 1. The minimum Gasteiger partial charge on any atom is -0.508 e. The molecule has 0 radical (unpaired) electrons. The highest BCUT2D eigenvalue weighted by atomic mass is 32.2. The van der Waals surface area contributed by atoms with E-state index in [9.17, 15) is 22.9 Å². The molecule has 3 rings (SSSR count). The van der Waals surface area contributed by atoms with Gasteiger partial charge in [0.1, 0.15) is 5.75 Å². The summed E-state index contributed by atoms with van der Waals surface area (Å²) < 4.78 is 32.4. The highest BCUT2D eigenvalue weighted by molar-refractivity contribution is 7.85. The number of nitrogens with one attached hydrogen (secondary N) is 1. The lowest BCUT2D eigenvalue weighted by Gasteiger charge is -2.12. The molecule has 8 heteroatoms. The van der Waals surface area contributed by atoms with Crippen molar-refractivity contribution >= 4 is 38.2 Å². The van der Waals surface area contributed by atoms with Gasteiger partial charge in [-0.1, -0.05) is 6.07 Å². The van der Waals surface area contributed by atoms with Crippen LogP contribution in [0.5, 0.6) is 5.75 Å². The number of rotatable bonds is 3. The average molecular weight is 372 g/mol. The van der Waals surface area contributed by atoms with Crippen LogP contribution in [0.4, 0.5) is 11.4 Å². The molecule has 0 bridgehead atoms. The Bertz CT molecular complexity index is 1140. The molecule has 0 atom stereocenters. The molecular formula is C18H16N2O5S. The Morgan fingerprint density at radius 3 is 2.46 bits per heavy atom. The molecule has 3 aromatic carbocycles. The third-order valence-electron chi connectivity index (χ3n) is 3.99. The predicted molar refractivity (Wildman–Crippen MR) is 99.0 cm³/mol. The summed E-state index contributed by atoms with van der Waals surface area (Å²) in [6.07, 6.45) is 0. The minimum absolute atomic E-state index is 0.0454. The lowest BCUT2D eigenvalue weighted by molar-refractivity contribution is 0.102. The van der Waals surface area contributed by atoms with Gasteiger partial charge in [0.15, 0.2) is 0 Å². The van der Waals surface area contributed by atoms with E-state index < -0.39 is 16.0 Å². The number of amides is 1. The molecule has 0 aliphatic carbocycles. The van der Waals surface area contributed by atoms with Crippen LogP contribution in [-0.4, -0.2) is 24.0 Å². The van der Waals surface area contributed by atoms with Crippen LogP contribution in [0.1, 0.15) is 15.9 Å². The first-order chi connectivity index (χ1) is 12.1. The summed E-state index contributed by atoms with van der Waals surface area (Å²) in [4.78, 5) is 12.2. The molecule has 0 unspecified atom stereocenters. The van der Waals surface area contributed by atoms with Crippen molar-refractivity contribution in [1.29, 1.82) is 0 Å². The summed E-state index contributed by atoms with van der Waals surface area (Å²) in [5.41, 5.74) is 7.50. The van der Waals surface area contributed by atoms with E-state index in [1.165, 1.54) is 24.3 Å². The molecule has 0 aromatic heterocycles. The molecular weight excluding hydrogens is 356 g/mol. The van der Waals surface area contributed by atoms with Gasteiger partial charge in [0.2, 0.25) is 0 Å². The summed E-state index contributed by atoms with van der Waals surface area (Å²) in [7, 11) is -4.47. The second-order valence-corrected chi connectivity index (χ2v) is 7.30. The van der Waals surface area contributed by atoms with Gasteiger partial charge in [0.05, 0.1) is 10.6 Å². The number of hydrogen-bond donors (Lipinski definition) is 4. The van der Waals surface area contributed by atoms with Gasteiger partial charge in [0, 0.05) is 16.6 Å². The number of aromatic hydroxyl groups is 1. The number of phenolic OH excluding ortho intramolecular Hbond substituents is 1. The number of carbonyl (C=O) groups is 1. The zero-order chi connectivity index (χ0) is 19.1. The first-order valence-electron chi connectivity index (χ1n) is 7.57. The van der Waals surface area contributed by atoms with Crippen molar-refractivity contribution in [3.63, 3.8) is 0 Å². The van der Waals surface area contributed by atoms with Gasteiger partial charge in [-0.25, -0.2) is 0 Å². The lowest BCUT2D eigenvalue weighted by atomic mass is 10.1. The number of anilines is 2. The van der Waals surface area contributed by atoms with Crippen molar-refractivity contribution < 1.29 is 22.9 Å². The van der Waals surface area contributed by atoms with E-state index in [1.807, 2.05) is 0 Å². The average Bonchev–Trinajstić information content (AvgIpc) is 2.56. The van der Waals surface area contributed by atoms with Gasteiger partial charge in [-0.15, -0.1) is 0 Å². The van der Waals surface area contributed by atoms with Crippen molar-refractivity contribution in [1.82, 2.24) is 0 Å². The maximum absolute atomic E-state index is 12.5. The van der Waals surface area contributed by atoms with E-state index >= 15 is 0 Å². The predicted octanol–water partition coefficient (Wildman–Crippen LogP) is 2.94. The fourth-order valence-corrected chi connectivity index (χ4v) is 3.12. The number of phenols is 1. The highest BCUT2D eigenvalue weighted by Crippen LogP contribution is 2.31. The molecule has 3 aromatic rings. The second-order valence-electron chi connectivity index (χ2n) is 5.88. The molecule has 7 nitrogen and oxygen atoms in total. The summed E-state index contributed by atoms with van der Waals surface area (Å²) in [6.45, 7) is 1.76. The molecule has 5 N–H and O–H groups in total. The summed E-state index contributed by atoms with van der Waals surface area (Å²) in [5.74, 6) is -0.527. The molecule has 0 aliphatic rings. The number of hydrogen-bond acceptors (Lipinski definition) is 5. The quantitative estimate of drug-likeness (QED) is 0.413. The largest absolute Gasteiger partial charge is 0.508 e. The topological polar surface area (TPSA) is 130 Å².